The standard InChI is InChI=1S/C17H32N2/c1-13-6-4-7-14(12-13)19-17-10-5-8-15(17)16-9-2-3-11-18-16/h13-19H,2-12H2,1H3. The molecular formula is C17H32N2. The molecule has 3 rings (SSSR count). The highest BCUT2D eigenvalue weighted by molar-refractivity contribution is 4.94. The molecule has 0 amide bonds. The maximum atomic E-state index is 4.06. The molecule has 5 atom stereocenters. The van der Waals surface area contributed by atoms with Gasteiger partial charge in [-0.1, -0.05) is 32.6 Å². The van der Waals surface area contributed by atoms with Crippen LogP contribution >= 0.6 is 0 Å². The molecule has 19 heavy (non-hydrogen) atoms. The maximum absolute atomic E-state index is 4.06. The van der Waals surface area contributed by atoms with Crippen molar-refractivity contribution >= 4 is 0 Å². The lowest BCUT2D eigenvalue weighted by molar-refractivity contribution is 0.218. The van der Waals surface area contributed by atoms with Crippen molar-refractivity contribution in [3.05, 3.63) is 0 Å². The SMILES string of the molecule is CC1CCCC(NC2CCCC2C2CCCCN2)C1. The maximum Gasteiger partial charge on any atom is 0.0113 e. The molecule has 3 fully saturated rings. The molecule has 3 aliphatic rings. The summed E-state index contributed by atoms with van der Waals surface area (Å²) in [5.41, 5.74) is 0. The summed E-state index contributed by atoms with van der Waals surface area (Å²) < 4.78 is 0. The van der Waals surface area contributed by atoms with Crippen LogP contribution in [-0.4, -0.2) is 24.7 Å². The highest BCUT2D eigenvalue weighted by atomic mass is 15.0. The fourth-order valence-electron chi connectivity index (χ4n) is 4.81. The molecule has 0 radical (unpaired) electrons. The van der Waals surface area contributed by atoms with Crippen LogP contribution in [-0.2, 0) is 0 Å². The zero-order valence-corrected chi connectivity index (χ0v) is 12.7. The number of rotatable bonds is 3. The summed E-state index contributed by atoms with van der Waals surface area (Å²) in [7, 11) is 0. The molecule has 1 aliphatic heterocycles. The molecule has 0 aromatic carbocycles. The number of piperidine rings is 1. The number of hydrogen-bond donors (Lipinski definition) is 2. The van der Waals surface area contributed by atoms with E-state index in [2.05, 4.69) is 17.6 Å². The van der Waals surface area contributed by atoms with Crippen molar-refractivity contribution in [2.45, 2.75) is 89.3 Å². The zero-order chi connectivity index (χ0) is 13.1. The molecule has 2 saturated carbocycles. The smallest absolute Gasteiger partial charge is 0.0113 e. The first-order valence-corrected chi connectivity index (χ1v) is 8.82. The lowest BCUT2D eigenvalue weighted by Gasteiger charge is -2.36. The van der Waals surface area contributed by atoms with Gasteiger partial charge in [0.25, 0.3) is 0 Å². The minimum absolute atomic E-state index is 0.811. The Hall–Kier alpha value is -0.0800. The Morgan fingerprint density at radius 2 is 1.79 bits per heavy atom. The van der Waals surface area contributed by atoms with Crippen LogP contribution in [0.15, 0.2) is 0 Å². The van der Waals surface area contributed by atoms with Crippen LogP contribution in [0.25, 0.3) is 0 Å². The minimum Gasteiger partial charge on any atom is -0.314 e. The monoisotopic (exact) mass is 264 g/mol. The van der Waals surface area contributed by atoms with Crippen LogP contribution in [0, 0.1) is 11.8 Å². The molecule has 0 spiro atoms. The minimum atomic E-state index is 0.811. The van der Waals surface area contributed by atoms with Gasteiger partial charge < -0.3 is 10.6 Å². The van der Waals surface area contributed by atoms with Gasteiger partial charge in [-0.15, -0.1) is 0 Å². The molecule has 2 nitrogen and oxygen atoms in total. The van der Waals surface area contributed by atoms with Crippen LogP contribution in [0.3, 0.4) is 0 Å². The third-order valence-corrected chi connectivity index (χ3v) is 5.82. The van der Waals surface area contributed by atoms with E-state index in [9.17, 15) is 0 Å². The van der Waals surface area contributed by atoms with E-state index < -0.39 is 0 Å². The van der Waals surface area contributed by atoms with Gasteiger partial charge in [0.2, 0.25) is 0 Å². The first kappa shape index (κ1) is 13.9. The van der Waals surface area contributed by atoms with E-state index in [-0.39, 0.29) is 0 Å². The second kappa shape index (κ2) is 6.58. The molecule has 0 aromatic rings. The molecule has 2 aliphatic carbocycles. The van der Waals surface area contributed by atoms with Gasteiger partial charge in [0.05, 0.1) is 0 Å². The van der Waals surface area contributed by atoms with E-state index >= 15 is 0 Å². The quantitative estimate of drug-likeness (QED) is 0.815. The highest BCUT2D eigenvalue weighted by Crippen LogP contribution is 2.33. The van der Waals surface area contributed by atoms with Gasteiger partial charge in [-0.25, -0.2) is 0 Å². The Morgan fingerprint density at radius 1 is 0.895 bits per heavy atom. The second-order valence-corrected chi connectivity index (χ2v) is 7.39. The Balaban J connectivity index is 1.53. The van der Waals surface area contributed by atoms with Crippen molar-refractivity contribution in [2.75, 3.05) is 6.54 Å². The molecule has 0 aromatic heterocycles. The van der Waals surface area contributed by atoms with Crippen molar-refractivity contribution < 1.29 is 0 Å². The number of nitrogens with one attached hydrogen (secondary N) is 2. The highest BCUT2D eigenvalue weighted by Gasteiger charge is 2.35. The Kier molecular flexibility index (Phi) is 4.81. The molecule has 0 bridgehead atoms. The fraction of sp³-hybridized carbons (Fsp3) is 1.00. The van der Waals surface area contributed by atoms with E-state index in [0.29, 0.717) is 0 Å². The fourth-order valence-corrected chi connectivity index (χ4v) is 4.81. The predicted molar refractivity (Wildman–Crippen MR) is 81.3 cm³/mol. The van der Waals surface area contributed by atoms with Gasteiger partial charge in [0, 0.05) is 18.1 Å². The van der Waals surface area contributed by atoms with E-state index in [1.807, 2.05) is 0 Å². The zero-order valence-electron chi connectivity index (χ0n) is 12.7. The van der Waals surface area contributed by atoms with Gasteiger partial charge in [-0.3, -0.25) is 0 Å². The van der Waals surface area contributed by atoms with E-state index in [1.54, 1.807) is 0 Å². The van der Waals surface area contributed by atoms with Gasteiger partial charge in [-0.2, -0.15) is 0 Å². The second-order valence-electron chi connectivity index (χ2n) is 7.39. The largest absolute Gasteiger partial charge is 0.314 e. The van der Waals surface area contributed by atoms with E-state index in [4.69, 9.17) is 0 Å². The molecule has 1 saturated heterocycles. The molecular weight excluding hydrogens is 232 g/mol. The first-order chi connectivity index (χ1) is 9.33. The van der Waals surface area contributed by atoms with E-state index in [0.717, 1.165) is 30.0 Å². The van der Waals surface area contributed by atoms with Gasteiger partial charge >= 0.3 is 0 Å². The van der Waals surface area contributed by atoms with Crippen LogP contribution in [0.4, 0.5) is 0 Å². The normalized spacial score (nSPS) is 44.4. The molecule has 1 heterocycles. The topological polar surface area (TPSA) is 24.1 Å². The van der Waals surface area contributed by atoms with Crippen molar-refractivity contribution in [1.82, 2.24) is 10.6 Å². The lowest BCUT2D eigenvalue weighted by atomic mass is 9.84. The van der Waals surface area contributed by atoms with Crippen LogP contribution in [0.2, 0.25) is 0 Å². The van der Waals surface area contributed by atoms with Crippen LogP contribution in [0.1, 0.15) is 71.1 Å². The predicted octanol–water partition coefficient (Wildman–Crippen LogP) is 3.47. The summed E-state index contributed by atoms with van der Waals surface area (Å²) in [5.74, 6) is 1.86. The third-order valence-electron chi connectivity index (χ3n) is 5.82. The third kappa shape index (κ3) is 3.52. The van der Waals surface area contributed by atoms with Crippen molar-refractivity contribution in [3.63, 3.8) is 0 Å². The summed E-state index contributed by atoms with van der Waals surface area (Å²) in [6.45, 7) is 3.69. The van der Waals surface area contributed by atoms with Crippen molar-refractivity contribution in [3.8, 4) is 0 Å². The summed E-state index contributed by atoms with van der Waals surface area (Å²) in [6.07, 6.45) is 14.3. The van der Waals surface area contributed by atoms with Gasteiger partial charge in [0.15, 0.2) is 0 Å². The Labute approximate surface area is 119 Å². The summed E-state index contributed by atoms with van der Waals surface area (Å²) >= 11 is 0. The first-order valence-electron chi connectivity index (χ1n) is 8.82. The Morgan fingerprint density at radius 3 is 2.58 bits per heavy atom. The molecule has 2 heteroatoms. The van der Waals surface area contributed by atoms with E-state index in [1.165, 1.54) is 70.8 Å². The van der Waals surface area contributed by atoms with Gasteiger partial charge in [0.1, 0.15) is 0 Å². The van der Waals surface area contributed by atoms with Crippen molar-refractivity contribution in [1.29, 1.82) is 0 Å². The summed E-state index contributed by atoms with van der Waals surface area (Å²) in [4.78, 5) is 0. The summed E-state index contributed by atoms with van der Waals surface area (Å²) in [6, 6.07) is 2.44. The Bertz CT molecular complexity index is 272. The molecule has 2 N–H and O–H groups in total. The van der Waals surface area contributed by atoms with Crippen molar-refractivity contribution in [2.24, 2.45) is 11.8 Å². The number of hydrogen-bond acceptors (Lipinski definition) is 2. The average Bonchev–Trinajstić information content (AvgIpc) is 2.88. The molecule has 5 unspecified atom stereocenters. The van der Waals surface area contributed by atoms with Crippen LogP contribution in [0.5, 0.6) is 0 Å². The average molecular weight is 264 g/mol. The lowest BCUT2D eigenvalue weighted by Crippen LogP contribution is -2.50. The molecule has 110 valence electrons. The summed E-state index contributed by atoms with van der Waals surface area (Å²) in [5, 5.41) is 7.85. The van der Waals surface area contributed by atoms with Gasteiger partial charge in [-0.05, 0) is 56.9 Å². The van der Waals surface area contributed by atoms with Crippen LogP contribution < -0.4 is 10.6 Å².